The predicted octanol–water partition coefficient (Wildman–Crippen LogP) is 5.36. The molecule has 10 nitrogen and oxygen atoms in total. The van der Waals surface area contributed by atoms with Crippen molar-refractivity contribution in [3.8, 4) is 16.9 Å². The molecule has 4 heterocycles. The first-order valence-corrected chi connectivity index (χ1v) is 11.3. The lowest BCUT2D eigenvalue weighted by Crippen LogP contribution is -2.02. The maximum Gasteiger partial charge on any atom is 0.263 e. The van der Waals surface area contributed by atoms with Crippen LogP contribution in [0.15, 0.2) is 84.3 Å². The number of benzene rings is 2. The molecule has 2 N–H and O–H groups in total. The highest BCUT2D eigenvalue weighted by Crippen LogP contribution is 2.30. The maximum atomic E-state index is 5.26. The molecule has 0 amide bonds. The van der Waals surface area contributed by atoms with Gasteiger partial charge in [-0.3, -0.25) is 0 Å². The van der Waals surface area contributed by atoms with E-state index >= 15 is 0 Å². The van der Waals surface area contributed by atoms with Crippen molar-refractivity contribution in [3.63, 3.8) is 0 Å². The van der Waals surface area contributed by atoms with E-state index in [4.69, 9.17) is 9.51 Å². The number of nitrogens with one attached hydrogen (secondary N) is 2. The lowest BCUT2D eigenvalue weighted by molar-refractivity contribution is 0.442. The van der Waals surface area contributed by atoms with Crippen LogP contribution in [0, 0.1) is 13.8 Å². The van der Waals surface area contributed by atoms with Crippen molar-refractivity contribution < 1.29 is 4.52 Å². The quantitative estimate of drug-likeness (QED) is 0.328. The number of aromatic nitrogens is 7. The Bertz CT molecular complexity index is 1670. The minimum absolute atomic E-state index is 0.443. The van der Waals surface area contributed by atoms with E-state index in [0.29, 0.717) is 17.5 Å². The molecule has 0 spiro atoms. The Kier molecular flexibility index (Phi) is 5.30. The second kappa shape index (κ2) is 8.91. The molecule has 176 valence electrons. The highest BCUT2D eigenvalue weighted by molar-refractivity contribution is 5.90. The van der Waals surface area contributed by atoms with Crippen molar-refractivity contribution in [1.29, 1.82) is 0 Å². The molecule has 0 saturated carbocycles. The number of fused-ring (bicyclic) bond motifs is 1. The summed E-state index contributed by atoms with van der Waals surface area (Å²) in [6.07, 6.45) is 8.63. The summed E-state index contributed by atoms with van der Waals surface area (Å²) in [7, 11) is 0. The molecule has 0 atom stereocenters. The molecule has 0 saturated heterocycles. The van der Waals surface area contributed by atoms with Crippen LogP contribution in [0.5, 0.6) is 0 Å². The van der Waals surface area contributed by atoms with Crippen molar-refractivity contribution in [3.05, 3.63) is 91.0 Å². The SMILES string of the molecule is Cc1ccc(Nc2nccc(-c3ccccc3-n3ccnc3)n2)cc1Nc1ncnc2onc(C)c12. The Labute approximate surface area is 206 Å². The minimum atomic E-state index is 0.443. The van der Waals surface area contributed by atoms with Gasteiger partial charge in [-0.15, -0.1) is 0 Å². The number of rotatable bonds is 6. The minimum Gasteiger partial charge on any atom is -0.339 e. The monoisotopic (exact) mass is 475 g/mol. The van der Waals surface area contributed by atoms with E-state index in [2.05, 4.69) is 35.7 Å². The standard InChI is InChI=1S/C26H21N9O/c1-16-7-8-18(13-21(16)32-24-23-17(2)34-36-25(23)30-14-29-24)31-26-28-10-9-20(33-26)19-5-3-4-6-22(19)35-12-11-27-15-35/h3-15H,1-2H3,(H,28,31,33)(H,29,30,32). The summed E-state index contributed by atoms with van der Waals surface area (Å²) in [5, 5.41) is 11.5. The summed E-state index contributed by atoms with van der Waals surface area (Å²) in [4.78, 5) is 21.9. The Hall–Kier alpha value is -5.12. The lowest BCUT2D eigenvalue weighted by atomic mass is 10.1. The molecule has 6 aromatic rings. The van der Waals surface area contributed by atoms with Gasteiger partial charge in [-0.1, -0.05) is 29.4 Å². The van der Waals surface area contributed by atoms with Gasteiger partial charge in [0.1, 0.15) is 17.5 Å². The fraction of sp³-hybridized carbons (Fsp3) is 0.0769. The normalized spacial score (nSPS) is 11.1. The van der Waals surface area contributed by atoms with Crippen LogP contribution < -0.4 is 10.6 Å². The van der Waals surface area contributed by atoms with Gasteiger partial charge in [0.15, 0.2) is 0 Å². The van der Waals surface area contributed by atoms with Gasteiger partial charge in [0.25, 0.3) is 5.71 Å². The molecule has 0 aliphatic carbocycles. The summed E-state index contributed by atoms with van der Waals surface area (Å²) >= 11 is 0. The van der Waals surface area contributed by atoms with Crippen LogP contribution in [0.4, 0.5) is 23.1 Å². The highest BCUT2D eigenvalue weighted by atomic mass is 16.5. The third-order valence-electron chi connectivity index (χ3n) is 5.81. The van der Waals surface area contributed by atoms with Crippen LogP contribution in [-0.4, -0.2) is 34.6 Å². The van der Waals surface area contributed by atoms with E-state index in [-0.39, 0.29) is 0 Å². The summed E-state index contributed by atoms with van der Waals surface area (Å²) in [6.45, 7) is 3.88. The van der Waals surface area contributed by atoms with Crippen LogP contribution in [0.3, 0.4) is 0 Å². The summed E-state index contributed by atoms with van der Waals surface area (Å²) in [5.74, 6) is 1.12. The van der Waals surface area contributed by atoms with E-state index in [1.54, 1.807) is 18.7 Å². The molecule has 6 rings (SSSR count). The number of aryl methyl sites for hydroxylation is 2. The molecular formula is C26H21N9O. The Morgan fingerprint density at radius 2 is 1.83 bits per heavy atom. The molecule has 0 aliphatic rings. The van der Waals surface area contributed by atoms with E-state index in [9.17, 15) is 0 Å². The second-order valence-corrected chi connectivity index (χ2v) is 8.20. The average Bonchev–Trinajstić information content (AvgIpc) is 3.57. The predicted molar refractivity (Wildman–Crippen MR) is 137 cm³/mol. The Morgan fingerprint density at radius 1 is 0.917 bits per heavy atom. The fourth-order valence-corrected chi connectivity index (χ4v) is 3.99. The number of hydrogen-bond acceptors (Lipinski definition) is 9. The molecule has 4 aromatic heterocycles. The highest BCUT2D eigenvalue weighted by Gasteiger charge is 2.14. The number of imidazole rings is 1. The molecule has 2 aromatic carbocycles. The summed E-state index contributed by atoms with van der Waals surface area (Å²) in [5.41, 5.74) is 6.68. The first kappa shape index (κ1) is 21.4. The first-order chi connectivity index (χ1) is 17.7. The molecule has 36 heavy (non-hydrogen) atoms. The molecule has 0 fully saturated rings. The number of nitrogens with zero attached hydrogens (tertiary/aromatic N) is 7. The topological polar surface area (TPSA) is 119 Å². The van der Waals surface area contributed by atoms with Crippen LogP contribution in [0.1, 0.15) is 11.3 Å². The number of anilines is 4. The molecular weight excluding hydrogens is 454 g/mol. The maximum absolute atomic E-state index is 5.26. The lowest BCUT2D eigenvalue weighted by Gasteiger charge is -2.13. The summed E-state index contributed by atoms with van der Waals surface area (Å²) in [6, 6.07) is 15.9. The van der Waals surface area contributed by atoms with Crippen LogP contribution in [0.2, 0.25) is 0 Å². The van der Waals surface area contributed by atoms with Gasteiger partial charge in [0, 0.05) is 35.5 Å². The van der Waals surface area contributed by atoms with E-state index in [1.165, 1.54) is 6.33 Å². The molecule has 0 radical (unpaired) electrons. The largest absolute Gasteiger partial charge is 0.339 e. The third kappa shape index (κ3) is 4.00. The number of para-hydroxylation sites is 1. The van der Waals surface area contributed by atoms with Crippen molar-refractivity contribution in [2.75, 3.05) is 10.6 Å². The second-order valence-electron chi connectivity index (χ2n) is 8.20. The van der Waals surface area contributed by atoms with Crippen LogP contribution in [-0.2, 0) is 0 Å². The van der Waals surface area contributed by atoms with Crippen molar-refractivity contribution in [1.82, 2.24) is 34.6 Å². The molecule has 0 unspecified atom stereocenters. The number of hydrogen-bond donors (Lipinski definition) is 2. The third-order valence-corrected chi connectivity index (χ3v) is 5.81. The van der Waals surface area contributed by atoms with Gasteiger partial charge in [-0.05, 0) is 43.7 Å². The zero-order valence-electron chi connectivity index (χ0n) is 19.5. The Balaban J connectivity index is 1.30. The molecule has 10 heteroatoms. The summed E-state index contributed by atoms with van der Waals surface area (Å²) < 4.78 is 7.23. The van der Waals surface area contributed by atoms with Gasteiger partial charge >= 0.3 is 0 Å². The van der Waals surface area contributed by atoms with Gasteiger partial charge in [0.2, 0.25) is 5.95 Å². The molecule has 0 aliphatic heterocycles. The first-order valence-electron chi connectivity index (χ1n) is 11.3. The fourth-order valence-electron chi connectivity index (χ4n) is 3.99. The zero-order valence-corrected chi connectivity index (χ0v) is 19.5. The van der Waals surface area contributed by atoms with E-state index in [0.717, 1.165) is 45.0 Å². The van der Waals surface area contributed by atoms with Crippen molar-refractivity contribution in [2.45, 2.75) is 13.8 Å². The van der Waals surface area contributed by atoms with Gasteiger partial charge in [0.05, 0.1) is 23.4 Å². The van der Waals surface area contributed by atoms with E-state index < -0.39 is 0 Å². The van der Waals surface area contributed by atoms with Gasteiger partial charge in [-0.25, -0.2) is 19.9 Å². The zero-order chi connectivity index (χ0) is 24.5. The average molecular weight is 476 g/mol. The Morgan fingerprint density at radius 3 is 2.72 bits per heavy atom. The smallest absolute Gasteiger partial charge is 0.263 e. The van der Waals surface area contributed by atoms with Crippen LogP contribution >= 0.6 is 0 Å². The van der Waals surface area contributed by atoms with Crippen molar-refractivity contribution in [2.24, 2.45) is 0 Å². The van der Waals surface area contributed by atoms with Crippen molar-refractivity contribution >= 4 is 34.2 Å². The van der Waals surface area contributed by atoms with Gasteiger partial charge < -0.3 is 19.7 Å². The van der Waals surface area contributed by atoms with Crippen LogP contribution in [0.25, 0.3) is 28.0 Å². The van der Waals surface area contributed by atoms with E-state index in [1.807, 2.05) is 73.1 Å². The molecule has 0 bridgehead atoms. The van der Waals surface area contributed by atoms with Gasteiger partial charge in [-0.2, -0.15) is 4.98 Å².